The van der Waals surface area contributed by atoms with Gasteiger partial charge in [-0.2, -0.15) is 0 Å². The Kier molecular flexibility index (Phi) is 9.17. The van der Waals surface area contributed by atoms with E-state index in [1.54, 1.807) is 25.5 Å². The molecule has 0 bridgehead atoms. The summed E-state index contributed by atoms with van der Waals surface area (Å²) in [5, 5.41) is 0. The highest BCUT2D eigenvalue weighted by molar-refractivity contribution is 6.04. The van der Waals surface area contributed by atoms with E-state index in [9.17, 15) is 14.4 Å². The van der Waals surface area contributed by atoms with Crippen LogP contribution >= 0.6 is 0 Å². The van der Waals surface area contributed by atoms with E-state index >= 15 is 0 Å². The fourth-order valence-corrected chi connectivity index (χ4v) is 3.04. The summed E-state index contributed by atoms with van der Waals surface area (Å²) in [6.45, 7) is 6.70. The van der Waals surface area contributed by atoms with Crippen molar-refractivity contribution in [2.75, 3.05) is 47.1 Å². The smallest absolute Gasteiger partial charge is 0.354 e. The van der Waals surface area contributed by atoms with Crippen molar-refractivity contribution >= 4 is 17.7 Å². The summed E-state index contributed by atoms with van der Waals surface area (Å²) in [4.78, 5) is 38.7. The maximum absolute atomic E-state index is 12.9. The molecule has 0 saturated heterocycles. The van der Waals surface area contributed by atoms with E-state index in [4.69, 9.17) is 14.2 Å². The van der Waals surface area contributed by atoms with Gasteiger partial charge in [-0.15, -0.1) is 0 Å². The van der Waals surface area contributed by atoms with Crippen molar-refractivity contribution in [1.29, 1.82) is 0 Å². The Hall–Kier alpha value is -2.19. The first-order valence-electron chi connectivity index (χ1n) is 8.91. The molecule has 1 rings (SSSR count). The van der Waals surface area contributed by atoms with Crippen molar-refractivity contribution in [2.24, 2.45) is 7.05 Å². The average molecular weight is 382 g/mol. The highest BCUT2D eigenvalue weighted by Gasteiger charge is 2.27. The van der Waals surface area contributed by atoms with Gasteiger partial charge < -0.3 is 23.7 Å². The molecule has 0 radical (unpaired) electrons. The van der Waals surface area contributed by atoms with Crippen LogP contribution in [-0.2, 0) is 26.1 Å². The van der Waals surface area contributed by atoms with E-state index in [1.807, 2.05) is 6.92 Å². The summed E-state index contributed by atoms with van der Waals surface area (Å²) in [6, 6.07) is 0. The zero-order chi connectivity index (χ0) is 20.6. The van der Waals surface area contributed by atoms with E-state index in [0.717, 1.165) is 0 Å². The number of aromatic nitrogens is 1. The molecule has 8 nitrogen and oxygen atoms in total. The number of nitrogens with zero attached hydrogens (tertiary/aromatic N) is 2. The van der Waals surface area contributed by atoms with Gasteiger partial charge in [-0.3, -0.25) is 9.59 Å². The molecular weight excluding hydrogens is 352 g/mol. The van der Waals surface area contributed by atoms with Crippen molar-refractivity contribution < 1.29 is 28.6 Å². The van der Waals surface area contributed by atoms with Gasteiger partial charge in [0, 0.05) is 45.2 Å². The number of Topliss-reactive ketones (excluding diaryl/α,β-unsaturated/α-hetero) is 1. The second-order valence-corrected chi connectivity index (χ2v) is 6.21. The van der Waals surface area contributed by atoms with Gasteiger partial charge in [0.05, 0.1) is 13.7 Å². The summed E-state index contributed by atoms with van der Waals surface area (Å²) in [5.74, 6) is -0.987. The lowest BCUT2D eigenvalue weighted by Crippen LogP contribution is -2.39. The normalized spacial score (nSPS) is 10.7. The van der Waals surface area contributed by atoms with Crippen molar-refractivity contribution in [3.8, 4) is 0 Å². The fraction of sp³-hybridized carbons (Fsp3) is 0.632. The molecule has 0 aliphatic carbocycles. The highest BCUT2D eigenvalue weighted by atomic mass is 16.5. The molecule has 1 aromatic rings. The van der Waals surface area contributed by atoms with E-state index in [2.05, 4.69) is 0 Å². The third kappa shape index (κ3) is 5.64. The first-order chi connectivity index (χ1) is 12.8. The molecule has 0 aliphatic heterocycles. The molecule has 152 valence electrons. The Bertz CT molecular complexity index is 680. The minimum atomic E-state index is -0.499. The molecule has 0 N–H and O–H groups in total. The topological polar surface area (TPSA) is 87.1 Å². The predicted octanol–water partition coefficient (Wildman–Crippen LogP) is 1.51. The van der Waals surface area contributed by atoms with E-state index in [-0.39, 0.29) is 24.8 Å². The number of hydrogen-bond acceptors (Lipinski definition) is 6. The van der Waals surface area contributed by atoms with Gasteiger partial charge in [0.15, 0.2) is 5.78 Å². The summed E-state index contributed by atoms with van der Waals surface area (Å²) in [6.07, 6.45) is 0.622. The molecule has 0 saturated carbocycles. The molecule has 1 aromatic heterocycles. The minimum Gasteiger partial charge on any atom is -0.464 e. The Labute approximate surface area is 160 Å². The van der Waals surface area contributed by atoms with Crippen LogP contribution in [0.5, 0.6) is 0 Å². The molecule has 0 spiro atoms. The number of carbonyl (C=O) groups is 3. The Morgan fingerprint density at radius 2 is 1.81 bits per heavy atom. The number of ether oxygens (including phenoxy) is 3. The highest BCUT2D eigenvalue weighted by Crippen LogP contribution is 2.22. The first-order valence-corrected chi connectivity index (χ1v) is 8.91. The molecule has 8 heteroatoms. The number of carbonyl (C=O) groups excluding carboxylic acids is 3. The van der Waals surface area contributed by atoms with Gasteiger partial charge in [0.2, 0.25) is 5.91 Å². The van der Waals surface area contributed by atoms with Crippen LogP contribution in [0.15, 0.2) is 0 Å². The maximum atomic E-state index is 12.9. The second-order valence-electron chi connectivity index (χ2n) is 6.21. The van der Waals surface area contributed by atoms with Gasteiger partial charge in [-0.05, 0) is 32.8 Å². The fourth-order valence-electron chi connectivity index (χ4n) is 3.04. The number of ketones is 1. The molecule has 1 heterocycles. The van der Waals surface area contributed by atoms with Crippen molar-refractivity contribution in [2.45, 2.75) is 27.2 Å². The van der Waals surface area contributed by atoms with Gasteiger partial charge in [0.1, 0.15) is 12.3 Å². The van der Waals surface area contributed by atoms with Crippen LogP contribution in [-0.4, -0.2) is 74.3 Å². The number of rotatable bonds is 11. The summed E-state index contributed by atoms with van der Waals surface area (Å²) in [5.41, 5.74) is 1.99. The number of hydrogen-bond donors (Lipinski definition) is 0. The standard InChI is InChI=1S/C19H30N2O6/c1-7-27-10-8-9-21(16(23)12-25-5)11-15(22)17-13(2)18(19(24)26-6)20(4)14(17)3/h7-12H2,1-6H3. The molecule has 0 atom stereocenters. The summed E-state index contributed by atoms with van der Waals surface area (Å²) >= 11 is 0. The lowest BCUT2D eigenvalue weighted by atomic mass is 10.1. The van der Waals surface area contributed by atoms with E-state index in [1.165, 1.54) is 19.1 Å². The van der Waals surface area contributed by atoms with Gasteiger partial charge in [-0.25, -0.2) is 4.79 Å². The largest absolute Gasteiger partial charge is 0.464 e. The zero-order valence-electron chi connectivity index (χ0n) is 17.1. The van der Waals surface area contributed by atoms with Gasteiger partial charge >= 0.3 is 5.97 Å². The summed E-state index contributed by atoms with van der Waals surface area (Å²) in [7, 11) is 4.45. The minimum absolute atomic E-state index is 0.0827. The van der Waals surface area contributed by atoms with Gasteiger partial charge in [0.25, 0.3) is 0 Å². The third-order valence-electron chi connectivity index (χ3n) is 4.46. The van der Waals surface area contributed by atoms with E-state index in [0.29, 0.717) is 48.7 Å². The lowest BCUT2D eigenvalue weighted by Gasteiger charge is -2.22. The van der Waals surface area contributed by atoms with E-state index < -0.39 is 5.97 Å². The van der Waals surface area contributed by atoms with Crippen LogP contribution in [0.2, 0.25) is 0 Å². The van der Waals surface area contributed by atoms with Crippen molar-refractivity contribution in [3.05, 3.63) is 22.5 Å². The van der Waals surface area contributed by atoms with Crippen LogP contribution in [0, 0.1) is 13.8 Å². The number of amides is 1. The first kappa shape index (κ1) is 22.9. The van der Waals surface area contributed by atoms with Crippen molar-refractivity contribution in [3.63, 3.8) is 0 Å². The Morgan fingerprint density at radius 3 is 2.37 bits per heavy atom. The maximum Gasteiger partial charge on any atom is 0.354 e. The Morgan fingerprint density at radius 1 is 1.15 bits per heavy atom. The van der Waals surface area contributed by atoms with Crippen LogP contribution in [0.3, 0.4) is 0 Å². The monoisotopic (exact) mass is 382 g/mol. The second kappa shape index (κ2) is 10.8. The third-order valence-corrected chi connectivity index (χ3v) is 4.46. The van der Waals surface area contributed by atoms with Crippen LogP contribution in [0.1, 0.15) is 45.4 Å². The summed E-state index contributed by atoms with van der Waals surface area (Å²) < 4.78 is 16.7. The zero-order valence-corrected chi connectivity index (χ0v) is 17.1. The quantitative estimate of drug-likeness (QED) is 0.328. The number of esters is 1. The molecule has 0 unspecified atom stereocenters. The molecule has 27 heavy (non-hydrogen) atoms. The SMILES string of the molecule is CCOCCCN(CC(=O)c1c(C)c(C(=O)OC)n(C)c1C)C(=O)COC. The predicted molar refractivity (Wildman–Crippen MR) is 100 cm³/mol. The van der Waals surface area contributed by atoms with Gasteiger partial charge in [-0.1, -0.05) is 0 Å². The average Bonchev–Trinajstić information content (AvgIpc) is 2.86. The van der Waals surface area contributed by atoms with Crippen molar-refractivity contribution in [1.82, 2.24) is 9.47 Å². The molecular formula is C19H30N2O6. The molecule has 0 aromatic carbocycles. The molecule has 1 amide bonds. The lowest BCUT2D eigenvalue weighted by molar-refractivity contribution is -0.134. The Balaban J connectivity index is 3.04. The number of methoxy groups -OCH3 is 2. The molecule has 0 fully saturated rings. The van der Waals surface area contributed by atoms with Crippen LogP contribution in [0.4, 0.5) is 0 Å². The molecule has 0 aliphatic rings. The van der Waals surface area contributed by atoms with Crippen LogP contribution < -0.4 is 0 Å². The van der Waals surface area contributed by atoms with Crippen LogP contribution in [0.25, 0.3) is 0 Å².